The first kappa shape index (κ1) is 20.5. The third-order valence-electron chi connectivity index (χ3n) is 6.07. The molecule has 1 aliphatic heterocycles. The minimum Gasteiger partial charge on any atom is -0.497 e. The molecule has 2 aromatic heterocycles. The maximum Gasteiger partial charge on any atom is 0.325 e. The smallest absolute Gasteiger partial charge is 0.325 e. The van der Waals surface area contributed by atoms with Crippen molar-refractivity contribution < 1.29 is 18.8 Å². The van der Waals surface area contributed by atoms with Crippen LogP contribution in [-0.4, -0.2) is 41.4 Å². The molecule has 1 atom stereocenters. The number of aryl methyl sites for hydroxylation is 2. The minimum atomic E-state index is -0.263. The number of hydrogen-bond acceptors (Lipinski definition) is 6. The molecule has 4 rings (SSSR count). The summed E-state index contributed by atoms with van der Waals surface area (Å²) in [5, 5.41) is 5.32. The number of methoxy groups -OCH3 is 2. The van der Waals surface area contributed by atoms with Gasteiger partial charge < -0.3 is 18.6 Å². The number of likely N-dealkylation sites (tertiary alicyclic amines) is 1. The molecule has 0 radical (unpaired) electrons. The first-order valence-electron chi connectivity index (χ1n) is 10.5. The molecule has 7 heteroatoms. The number of carbonyl (C=O) groups is 1. The fraction of sp³-hybridized carbons (Fsp3) is 0.478. The Kier molecular flexibility index (Phi) is 5.81. The third kappa shape index (κ3) is 3.69. The Hall–Kier alpha value is -2.80. The van der Waals surface area contributed by atoms with Crippen LogP contribution in [-0.2, 0) is 29.0 Å². The second-order valence-corrected chi connectivity index (χ2v) is 7.83. The second kappa shape index (κ2) is 8.52. The lowest BCUT2D eigenvalue weighted by Gasteiger charge is -2.24. The molecular weight excluding hydrogens is 382 g/mol. The van der Waals surface area contributed by atoms with Crippen LogP contribution in [0.2, 0.25) is 0 Å². The summed E-state index contributed by atoms with van der Waals surface area (Å²) in [7, 11) is 3.09. The highest BCUT2D eigenvalue weighted by molar-refractivity contribution is 5.86. The van der Waals surface area contributed by atoms with Gasteiger partial charge in [0, 0.05) is 41.7 Å². The van der Waals surface area contributed by atoms with Gasteiger partial charge in [-0.15, -0.1) is 0 Å². The van der Waals surface area contributed by atoms with Gasteiger partial charge in [-0.05, 0) is 50.1 Å². The van der Waals surface area contributed by atoms with Crippen LogP contribution >= 0.6 is 0 Å². The average Bonchev–Trinajstić information content (AvgIpc) is 3.45. The number of hydrogen-bond donors (Lipinski definition) is 0. The third-order valence-corrected chi connectivity index (χ3v) is 6.07. The molecule has 3 aromatic rings. The Bertz CT molecular complexity index is 1050. The van der Waals surface area contributed by atoms with E-state index in [1.54, 1.807) is 7.11 Å². The van der Waals surface area contributed by atoms with Gasteiger partial charge >= 0.3 is 5.97 Å². The monoisotopic (exact) mass is 411 g/mol. The molecule has 0 aliphatic carbocycles. The van der Waals surface area contributed by atoms with E-state index in [0.717, 1.165) is 60.5 Å². The van der Waals surface area contributed by atoms with E-state index in [4.69, 9.17) is 14.0 Å². The van der Waals surface area contributed by atoms with E-state index in [1.807, 2.05) is 29.7 Å². The summed E-state index contributed by atoms with van der Waals surface area (Å²) in [4.78, 5) is 14.4. The van der Waals surface area contributed by atoms with Gasteiger partial charge in [0.2, 0.25) is 0 Å². The Balaban J connectivity index is 1.70. The molecule has 0 bridgehead atoms. The van der Waals surface area contributed by atoms with Crippen LogP contribution < -0.4 is 4.74 Å². The van der Waals surface area contributed by atoms with E-state index in [2.05, 4.69) is 23.2 Å². The lowest BCUT2D eigenvalue weighted by Crippen LogP contribution is -2.23. The minimum absolute atomic E-state index is 0.188. The van der Waals surface area contributed by atoms with E-state index in [-0.39, 0.29) is 12.5 Å². The highest BCUT2D eigenvalue weighted by Crippen LogP contribution is 2.38. The largest absolute Gasteiger partial charge is 0.497 e. The van der Waals surface area contributed by atoms with Gasteiger partial charge in [-0.1, -0.05) is 12.1 Å². The molecule has 3 heterocycles. The summed E-state index contributed by atoms with van der Waals surface area (Å²) in [6.45, 7) is 6.13. The van der Waals surface area contributed by atoms with Crippen LogP contribution in [0.4, 0.5) is 0 Å². The predicted octanol–water partition coefficient (Wildman–Crippen LogP) is 4.02. The van der Waals surface area contributed by atoms with Gasteiger partial charge in [-0.25, -0.2) is 0 Å². The van der Waals surface area contributed by atoms with Crippen molar-refractivity contribution in [1.82, 2.24) is 14.6 Å². The van der Waals surface area contributed by atoms with Crippen LogP contribution in [0.5, 0.6) is 5.75 Å². The lowest BCUT2D eigenvalue weighted by atomic mass is 10.0. The average molecular weight is 412 g/mol. The Labute approximate surface area is 176 Å². The summed E-state index contributed by atoms with van der Waals surface area (Å²) in [6.07, 6.45) is 5.15. The molecule has 7 nitrogen and oxygen atoms in total. The Morgan fingerprint density at radius 3 is 2.90 bits per heavy atom. The van der Waals surface area contributed by atoms with Gasteiger partial charge in [0.1, 0.15) is 18.1 Å². The summed E-state index contributed by atoms with van der Waals surface area (Å²) < 4.78 is 17.9. The van der Waals surface area contributed by atoms with Crippen LogP contribution in [0.3, 0.4) is 0 Å². The first-order chi connectivity index (χ1) is 14.5. The number of ether oxygens (including phenoxy) is 2. The molecule has 0 spiro atoms. The molecule has 1 aliphatic rings. The van der Waals surface area contributed by atoms with Crippen molar-refractivity contribution in [2.45, 2.75) is 52.2 Å². The quantitative estimate of drug-likeness (QED) is 0.547. The van der Waals surface area contributed by atoms with Crippen LogP contribution in [0, 0.1) is 6.92 Å². The number of esters is 1. The molecule has 1 aromatic carbocycles. The van der Waals surface area contributed by atoms with Crippen LogP contribution in [0.1, 0.15) is 48.4 Å². The van der Waals surface area contributed by atoms with Crippen molar-refractivity contribution in [3.8, 4) is 5.75 Å². The van der Waals surface area contributed by atoms with Crippen LogP contribution in [0.25, 0.3) is 10.9 Å². The summed E-state index contributed by atoms with van der Waals surface area (Å²) in [5.74, 6) is 1.53. The van der Waals surface area contributed by atoms with Crippen molar-refractivity contribution in [2.75, 3.05) is 20.8 Å². The van der Waals surface area contributed by atoms with Gasteiger partial charge in [0.05, 0.1) is 19.9 Å². The zero-order valence-corrected chi connectivity index (χ0v) is 18.1. The second-order valence-electron chi connectivity index (χ2n) is 7.83. The fourth-order valence-corrected chi connectivity index (χ4v) is 4.60. The van der Waals surface area contributed by atoms with Gasteiger partial charge in [0.15, 0.2) is 0 Å². The number of aromatic nitrogens is 2. The van der Waals surface area contributed by atoms with Gasteiger partial charge in [-0.2, -0.15) is 0 Å². The van der Waals surface area contributed by atoms with Crippen molar-refractivity contribution in [1.29, 1.82) is 0 Å². The number of carbonyl (C=O) groups excluding carboxylic acids is 1. The zero-order chi connectivity index (χ0) is 21.3. The highest BCUT2D eigenvalue weighted by Gasteiger charge is 2.32. The van der Waals surface area contributed by atoms with E-state index >= 15 is 0 Å². The molecular formula is C23H29N3O4. The number of benzene rings is 1. The Morgan fingerprint density at radius 1 is 1.33 bits per heavy atom. The maximum absolute atomic E-state index is 11.9. The molecule has 160 valence electrons. The standard InChI is InChI=1S/C23H29N3O4/c1-5-21-23(15(2)24-30-21)20-7-6-10-25(20)12-16-13-26(14-22(27)29-4)19-9-8-17(28-3)11-18(16)19/h8-9,11,13,20H,5-7,10,12,14H2,1-4H3. The molecule has 0 amide bonds. The van der Waals surface area contributed by atoms with E-state index in [0.29, 0.717) is 6.04 Å². The van der Waals surface area contributed by atoms with Crippen molar-refractivity contribution >= 4 is 16.9 Å². The van der Waals surface area contributed by atoms with E-state index in [1.165, 1.54) is 18.2 Å². The molecule has 30 heavy (non-hydrogen) atoms. The van der Waals surface area contributed by atoms with Gasteiger partial charge in [-0.3, -0.25) is 9.69 Å². The molecule has 1 fully saturated rings. The first-order valence-corrected chi connectivity index (χ1v) is 10.5. The molecule has 0 N–H and O–H groups in total. The van der Waals surface area contributed by atoms with E-state index < -0.39 is 0 Å². The van der Waals surface area contributed by atoms with Crippen molar-refractivity contribution in [2.24, 2.45) is 0 Å². The molecule has 0 saturated carbocycles. The van der Waals surface area contributed by atoms with Crippen molar-refractivity contribution in [3.05, 3.63) is 47.0 Å². The van der Waals surface area contributed by atoms with Gasteiger partial charge in [0.25, 0.3) is 0 Å². The number of rotatable bonds is 7. The maximum atomic E-state index is 11.9. The molecule has 1 unspecified atom stereocenters. The molecule has 1 saturated heterocycles. The number of fused-ring (bicyclic) bond motifs is 1. The number of nitrogens with zero attached hydrogens (tertiary/aromatic N) is 3. The Morgan fingerprint density at radius 2 is 2.17 bits per heavy atom. The predicted molar refractivity (Wildman–Crippen MR) is 114 cm³/mol. The van der Waals surface area contributed by atoms with E-state index in [9.17, 15) is 4.79 Å². The van der Waals surface area contributed by atoms with Crippen LogP contribution in [0.15, 0.2) is 28.9 Å². The lowest BCUT2D eigenvalue weighted by molar-refractivity contribution is -0.141. The SMILES string of the molecule is CCc1onc(C)c1C1CCCN1Cc1cn(CC(=O)OC)c2ccc(OC)cc12. The summed E-state index contributed by atoms with van der Waals surface area (Å²) in [5.41, 5.74) is 4.40. The topological polar surface area (TPSA) is 69.7 Å². The van der Waals surface area contributed by atoms with Crippen molar-refractivity contribution in [3.63, 3.8) is 0 Å². The normalized spacial score (nSPS) is 17.0. The summed E-state index contributed by atoms with van der Waals surface area (Å²) in [6, 6.07) is 6.27. The zero-order valence-electron chi connectivity index (χ0n) is 18.1. The summed E-state index contributed by atoms with van der Waals surface area (Å²) >= 11 is 0. The highest BCUT2D eigenvalue weighted by atomic mass is 16.5. The fourth-order valence-electron chi connectivity index (χ4n) is 4.60.